The summed E-state index contributed by atoms with van der Waals surface area (Å²) in [5.74, 6) is 0. The minimum atomic E-state index is 0.539. The molecule has 0 N–H and O–H groups in total. The minimum Gasteiger partial charge on any atom is -0.231 e. The van der Waals surface area contributed by atoms with Crippen LogP contribution in [0.1, 0.15) is 0 Å². The van der Waals surface area contributed by atoms with E-state index in [1.54, 1.807) is 0 Å². The smallest absolute Gasteiger partial charge is 0.145 e. The Labute approximate surface area is 56.1 Å². The molecule has 2 heterocycles. The molecule has 0 saturated heterocycles. The standard InChI is InChI=1S/C5H2N5/c1-4-5(2-8-7-1)10-9-3-6-4/h1,3H. The largest absolute Gasteiger partial charge is 0.231 e. The molecule has 2 aromatic rings. The highest BCUT2D eigenvalue weighted by Crippen LogP contribution is 1.98. The van der Waals surface area contributed by atoms with Crippen LogP contribution in [0.2, 0.25) is 0 Å². The zero-order valence-corrected chi connectivity index (χ0v) is 4.89. The lowest BCUT2D eigenvalue weighted by molar-refractivity contribution is 0.974. The molecular formula is C5H2N5. The molecule has 0 unspecified atom stereocenters. The van der Waals surface area contributed by atoms with E-state index in [9.17, 15) is 0 Å². The second-order valence-corrected chi connectivity index (χ2v) is 1.65. The Morgan fingerprint density at radius 1 is 1.30 bits per heavy atom. The second-order valence-electron chi connectivity index (χ2n) is 1.65. The first kappa shape index (κ1) is 5.16. The van der Waals surface area contributed by atoms with E-state index in [4.69, 9.17) is 0 Å². The Kier molecular flexibility index (Phi) is 1.00. The highest BCUT2D eigenvalue weighted by atomic mass is 15.2. The highest BCUT2D eigenvalue weighted by molar-refractivity contribution is 5.69. The van der Waals surface area contributed by atoms with Gasteiger partial charge in [0.15, 0.2) is 0 Å². The van der Waals surface area contributed by atoms with E-state index >= 15 is 0 Å². The molecule has 2 aromatic heterocycles. The molecular weight excluding hydrogens is 130 g/mol. The van der Waals surface area contributed by atoms with Gasteiger partial charge in [-0.15, -0.1) is 15.3 Å². The van der Waals surface area contributed by atoms with Crippen LogP contribution in [0.25, 0.3) is 11.0 Å². The maximum absolute atomic E-state index is 3.87. The molecule has 1 radical (unpaired) electrons. The van der Waals surface area contributed by atoms with Crippen molar-refractivity contribution in [3.8, 4) is 0 Å². The molecule has 0 aliphatic carbocycles. The maximum atomic E-state index is 3.87. The molecule has 0 saturated carbocycles. The van der Waals surface area contributed by atoms with Crippen LogP contribution in [0, 0.1) is 6.20 Å². The fourth-order valence-electron chi connectivity index (χ4n) is 0.618. The van der Waals surface area contributed by atoms with Gasteiger partial charge >= 0.3 is 0 Å². The molecule has 5 nitrogen and oxygen atoms in total. The van der Waals surface area contributed by atoms with Gasteiger partial charge in [-0.2, -0.15) is 5.10 Å². The summed E-state index contributed by atoms with van der Waals surface area (Å²) in [6.45, 7) is 0. The zero-order valence-electron chi connectivity index (χ0n) is 4.89. The number of aromatic nitrogens is 5. The Balaban J connectivity index is 2.89. The summed E-state index contributed by atoms with van der Waals surface area (Å²) >= 11 is 0. The molecule has 0 atom stereocenters. The summed E-state index contributed by atoms with van der Waals surface area (Å²) in [6.07, 6.45) is 5.43. The van der Waals surface area contributed by atoms with Crippen LogP contribution in [-0.2, 0) is 0 Å². The van der Waals surface area contributed by atoms with E-state index < -0.39 is 0 Å². The fourth-order valence-corrected chi connectivity index (χ4v) is 0.618. The van der Waals surface area contributed by atoms with Crippen LogP contribution >= 0.6 is 0 Å². The molecule has 0 aromatic carbocycles. The molecule has 0 bridgehead atoms. The second kappa shape index (κ2) is 1.94. The first-order valence-electron chi connectivity index (χ1n) is 2.63. The quantitative estimate of drug-likeness (QED) is 0.488. The number of nitrogens with zero attached hydrogens (tertiary/aromatic N) is 5. The average molecular weight is 132 g/mol. The van der Waals surface area contributed by atoms with E-state index in [-0.39, 0.29) is 0 Å². The molecule has 0 fully saturated rings. The van der Waals surface area contributed by atoms with Crippen LogP contribution in [0.15, 0.2) is 12.5 Å². The van der Waals surface area contributed by atoms with Crippen LogP contribution < -0.4 is 0 Å². The number of hydrogen-bond acceptors (Lipinski definition) is 5. The Morgan fingerprint density at radius 3 is 3.20 bits per heavy atom. The lowest BCUT2D eigenvalue weighted by Gasteiger charge is -1.87. The Morgan fingerprint density at radius 2 is 2.30 bits per heavy atom. The van der Waals surface area contributed by atoms with Crippen molar-refractivity contribution in [2.45, 2.75) is 0 Å². The van der Waals surface area contributed by atoms with Crippen molar-refractivity contribution in [1.82, 2.24) is 25.4 Å². The monoisotopic (exact) mass is 132 g/mol. The maximum Gasteiger partial charge on any atom is 0.145 e. The topological polar surface area (TPSA) is 64.5 Å². The van der Waals surface area contributed by atoms with Gasteiger partial charge in [-0.25, -0.2) is 4.98 Å². The van der Waals surface area contributed by atoms with Gasteiger partial charge in [0.25, 0.3) is 0 Å². The Hall–Kier alpha value is -1.65. The van der Waals surface area contributed by atoms with Gasteiger partial charge in [-0.05, 0) is 0 Å². The molecule has 0 aliphatic rings. The van der Waals surface area contributed by atoms with E-state index in [1.165, 1.54) is 12.5 Å². The van der Waals surface area contributed by atoms with E-state index in [0.717, 1.165) is 0 Å². The van der Waals surface area contributed by atoms with Gasteiger partial charge in [-0.3, -0.25) is 0 Å². The summed E-state index contributed by atoms with van der Waals surface area (Å²) in [6, 6.07) is 0. The van der Waals surface area contributed by atoms with Crippen LogP contribution in [0.4, 0.5) is 0 Å². The van der Waals surface area contributed by atoms with Crippen molar-refractivity contribution in [3.63, 3.8) is 0 Å². The number of fused-ring (bicyclic) bond motifs is 1. The predicted octanol–water partition coefficient (Wildman–Crippen LogP) is -0.385. The van der Waals surface area contributed by atoms with E-state index in [0.29, 0.717) is 11.0 Å². The summed E-state index contributed by atoms with van der Waals surface area (Å²) < 4.78 is 0. The average Bonchev–Trinajstić information content (AvgIpc) is 2.05. The molecule has 5 heteroatoms. The van der Waals surface area contributed by atoms with Gasteiger partial charge in [0.1, 0.15) is 23.6 Å². The predicted molar refractivity (Wildman–Crippen MR) is 31.8 cm³/mol. The van der Waals surface area contributed by atoms with Crippen molar-refractivity contribution >= 4 is 11.0 Å². The summed E-state index contributed by atoms with van der Waals surface area (Å²) in [7, 11) is 0. The third-order valence-electron chi connectivity index (χ3n) is 1.04. The third kappa shape index (κ3) is 0.680. The SMILES string of the molecule is [c]1nncc2ncnnc12. The Bertz CT molecular complexity index is 281. The number of hydrogen-bond donors (Lipinski definition) is 0. The molecule has 10 heavy (non-hydrogen) atoms. The van der Waals surface area contributed by atoms with Gasteiger partial charge in [0.05, 0.1) is 6.20 Å². The molecule has 0 amide bonds. The van der Waals surface area contributed by atoms with Gasteiger partial charge in [-0.1, -0.05) is 0 Å². The first-order valence-corrected chi connectivity index (χ1v) is 2.63. The van der Waals surface area contributed by atoms with Crippen molar-refractivity contribution < 1.29 is 0 Å². The van der Waals surface area contributed by atoms with Gasteiger partial charge < -0.3 is 0 Å². The summed E-state index contributed by atoms with van der Waals surface area (Å²) in [4.78, 5) is 3.87. The third-order valence-corrected chi connectivity index (χ3v) is 1.04. The highest BCUT2D eigenvalue weighted by Gasteiger charge is 1.92. The van der Waals surface area contributed by atoms with Crippen LogP contribution in [0.5, 0.6) is 0 Å². The minimum absolute atomic E-state index is 0.539. The normalized spacial score (nSPS) is 10.0. The lowest BCUT2D eigenvalue weighted by atomic mass is 10.5. The molecule has 0 aliphatic heterocycles. The van der Waals surface area contributed by atoms with Crippen molar-refractivity contribution in [2.75, 3.05) is 0 Å². The van der Waals surface area contributed by atoms with Crippen molar-refractivity contribution in [3.05, 3.63) is 18.7 Å². The summed E-state index contributed by atoms with van der Waals surface area (Å²) in [5, 5.41) is 14.3. The molecule has 47 valence electrons. The van der Waals surface area contributed by atoms with Crippen molar-refractivity contribution in [1.29, 1.82) is 0 Å². The molecule has 2 rings (SSSR count). The first-order chi connectivity index (χ1) is 4.97. The van der Waals surface area contributed by atoms with E-state index in [1.807, 2.05) is 0 Å². The van der Waals surface area contributed by atoms with Gasteiger partial charge in [0, 0.05) is 0 Å². The lowest BCUT2D eigenvalue weighted by Crippen LogP contribution is -1.89. The van der Waals surface area contributed by atoms with E-state index in [2.05, 4.69) is 31.6 Å². The van der Waals surface area contributed by atoms with Crippen LogP contribution in [-0.4, -0.2) is 25.4 Å². The fraction of sp³-hybridized carbons (Fsp3) is 0. The summed E-state index contributed by atoms with van der Waals surface area (Å²) in [5.41, 5.74) is 1.20. The van der Waals surface area contributed by atoms with Gasteiger partial charge in [0.2, 0.25) is 0 Å². The number of rotatable bonds is 0. The molecule has 0 spiro atoms. The van der Waals surface area contributed by atoms with Crippen molar-refractivity contribution in [2.24, 2.45) is 0 Å². The zero-order chi connectivity index (χ0) is 6.81. The van der Waals surface area contributed by atoms with Crippen LogP contribution in [0.3, 0.4) is 0 Å².